The minimum atomic E-state index is -0.470. The quantitative estimate of drug-likeness (QED) is 0.286. The normalized spacial score (nSPS) is 14.9. The highest BCUT2D eigenvalue weighted by Crippen LogP contribution is 2.46. The number of halogens is 1. The van der Waals surface area contributed by atoms with Gasteiger partial charge in [0.1, 0.15) is 20.8 Å². The van der Waals surface area contributed by atoms with Gasteiger partial charge in [-0.3, -0.25) is 14.2 Å². The van der Waals surface area contributed by atoms with Crippen molar-refractivity contribution in [1.82, 2.24) is 4.57 Å². The second-order valence-corrected chi connectivity index (χ2v) is 11.2. The Balaban J connectivity index is 1.64. The molecule has 5 rings (SSSR count). The zero-order valence-electron chi connectivity index (χ0n) is 18.9. The standard InChI is InChI=1S/C25H21ClN3O3S3/c1-27-18-9-8-17(26)12-19(18)34-25(27)23-24(31)29(15-22(30)32-2)21(35-23)13-20-28(10-11-33-20)14-16-6-4-3-5-7-16/h3-13H,14-15H2,1-2H3/q+1/b25-23+. The van der Waals surface area contributed by atoms with Crippen molar-refractivity contribution in [3.8, 4) is 0 Å². The lowest BCUT2D eigenvalue weighted by atomic mass is 10.2. The Labute approximate surface area is 219 Å². The minimum Gasteiger partial charge on any atom is -0.468 e. The maximum absolute atomic E-state index is 13.6. The largest absolute Gasteiger partial charge is 0.468 e. The number of anilines is 1. The van der Waals surface area contributed by atoms with Crippen LogP contribution in [0.4, 0.5) is 5.69 Å². The van der Waals surface area contributed by atoms with Crippen LogP contribution in [0.2, 0.25) is 5.02 Å². The smallest absolute Gasteiger partial charge is 0.325 e. The van der Waals surface area contributed by atoms with Gasteiger partial charge >= 0.3 is 5.97 Å². The summed E-state index contributed by atoms with van der Waals surface area (Å²) in [6, 6.07) is 15.9. The number of thioether (sulfide) groups is 1. The van der Waals surface area contributed by atoms with Crippen LogP contribution in [0, 0.1) is 0 Å². The van der Waals surface area contributed by atoms with Crippen LogP contribution in [0.1, 0.15) is 10.6 Å². The summed E-state index contributed by atoms with van der Waals surface area (Å²) in [7, 11) is 3.26. The molecule has 0 amide bonds. The Morgan fingerprint density at radius 3 is 2.77 bits per heavy atom. The lowest BCUT2D eigenvalue weighted by Crippen LogP contribution is -2.37. The molecule has 178 valence electrons. The molecule has 0 atom stereocenters. The molecule has 2 aromatic carbocycles. The molecule has 0 unspecified atom stereocenters. The molecule has 4 aromatic rings. The number of nitrogens with zero attached hydrogens (tertiary/aromatic N) is 3. The molecule has 0 bridgehead atoms. The van der Waals surface area contributed by atoms with E-state index in [0.717, 1.165) is 20.6 Å². The number of hydrogen-bond acceptors (Lipinski definition) is 7. The first kappa shape index (κ1) is 23.9. The zero-order valence-corrected chi connectivity index (χ0v) is 22.1. The molecule has 35 heavy (non-hydrogen) atoms. The van der Waals surface area contributed by atoms with E-state index in [0.29, 0.717) is 20.8 Å². The molecule has 0 fully saturated rings. The third-order valence-electron chi connectivity index (χ3n) is 5.57. The van der Waals surface area contributed by atoms with E-state index in [9.17, 15) is 9.59 Å². The van der Waals surface area contributed by atoms with Crippen molar-refractivity contribution < 1.29 is 14.1 Å². The SMILES string of the molecule is COC(=O)Cn1c(=O)/c(=C2\Sc3cc(Cl)ccc3N2C)s/c1=C\c1scc[n+]1Cc1ccccc1. The number of carbonyl (C=O) groups excluding carboxylic acids is 1. The van der Waals surface area contributed by atoms with E-state index in [1.807, 2.05) is 66.0 Å². The van der Waals surface area contributed by atoms with Crippen molar-refractivity contribution in [3.63, 3.8) is 0 Å². The van der Waals surface area contributed by atoms with Gasteiger partial charge in [0.25, 0.3) is 10.6 Å². The first-order valence-electron chi connectivity index (χ1n) is 10.7. The molecular formula is C25H21ClN3O3S3+. The van der Waals surface area contributed by atoms with E-state index in [1.165, 1.54) is 40.3 Å². The lowest BCUT2D eigenvalue weighted by Gasteiger charge is -2.12. The van der Waals surface area contributed by atoms with Crippen LogP contribution < -0.4 is 24.2 Å². The fourth-order valence-electron chi connectivity index (χ4n) is 3.79. The fraction of sp³-hybridized carbons (Fsp3) is 0.160. The highest BCUT2D eigenvalue weighted by Gasteiger charge is 2.25. The van der Waals surface area contributed by atoms with Crippen LogP contribution in [-0.2, 0) is 22.6 Å². The predicted molar refractivity (Wildman–Crippen MR) is 143 cm³/mol. The van der Waals surface area contributed by atoms with E-state index in [4.69, 9.17) is 16.3 Å². The molecule has 2 aromatic heterocycles. The highest BCUT2D eigenvalue weighted by atomic mass is 35.5. The van der Waals surface area contributed by atoms with Gasteiger partial charge in [0.15, 0.2) is 12.7 Å². The van der Waals surface area contributed by atoms with Crippen molar-refractivity contribution in [2.75, 3.05) is 19.1 Å². The number of benzene rings is 2. The summed E-state index contributed by atoms with van der Waals surface area (Å²) in [5.74, 6) is -0.470. The number of fused-ring (bicyclic) bond motifs is 1. The first-order chi connectivity index (χ1) is 16.9. The number of carbonyl (C=O) groups is 1. The molecule has 0 spiro atoms. The number of ether oxygens (including phenoxy) is 1. The number of hydrogen-bond donors (Lipinski definition) is 0. The van der Waals surface area contributed by atoms with Crippen LogP contribution in [0.25, 0.3) is 11.1 Å². The first-order valence-corrected chi connectivity index (χ1v) is 13.6. The molecule has 1 aliphatic rings. The molecule has 10 heteroatoms. The Bertz CT molecular complexity index is 1590. The fourth-order valence-corrected chi connectivity index (χ4v) is 7.31. The summed E-state index contributed by atoms with van der Waals surface area (Å²) in [5.41, 5.74) is 1.96. The molecule has 3 heterocycles. The van der Waals surface area contributed by atoms with Crippen molar-refractivity contribution >= 4 is 68.8 Å². The van der Waals surface area contributed by atoms with Crippen LogP contribution in [0.15, 0.2) is 69.8 Å². The summed E-state index contributed by atoms with van der Waals surface area (Å²) in [4.78, 5) is 28.7. The minimum absolute atomic E-state index is 0.151. The van der Waals surface area contributed by atoms with Crippen molar-refractivity contribution in [3.05, 3.63) is 95.3 Å². The van der Waals surface area contributed by atoms with Crippen molar-refractivity contribution in [2.45, 2.75) is 18.0 Å². The number of rotatable bonds is 5. The topological polar surface area (TPSA) is 55.4 Å². The van der Waals surface area contributed by atoms with Gasteiger partial charge < -0.3 is 9.64 Å². The summed E-state index contributed by atoms with van der Waals surface area (Å²) in [6.45, 7) is 0.559. The molecule has 0 saturated heterocycles. The van der Waals surface area contributed by atoms with Crippen LogP contribution in [0.3, 0.4) is 0 Å². The second-order valence-electron chi connectivity index (χ2n) is 7.81. The van der Waals surface area contributed by atoms with Gasteiger partial charge in [-0.2, -0.15) is 4.57 Å². The third kappa shape index (κ3) is 4.81. The molecule has 6 nitrogen and oxygen atoms in total. The summed E-state index contributed by atoms with van der Waals surface area (Å²) in [5, 5.41) is 4.46. The predicted octanol–water partition coefficient (Wildman–Crippen LogP) is 3.27. The zero-order chi connectivity index (χ0) is 24.5. The Kier molecular flexibility index (Phi) is 6.84. The average Bonchev–Trinajstić information content (AvgIpc) is 3.51. The summed E-state index contributed by atoms with van der Waals surface area (Å²) >= 11 is 10.7. The Morgan fingerprint density at radius 2 is 2.00 bits per heavy atom. The Morgan fingerprint density at radius 1 is 1.20 bits per heavy atom. The second kappa shape index (κ2) is 10.0. The average molecular weight is 543 g/mol. The van der Waals surface area contributed by atoms with Crippen molar-refractivity contribution in [2.24, 2.45) is 0 Å². The molecular weight excluding hydrogens is 522 g/mol. The number of esters is 1. The summed E-state index contributed by atoms with van der Waals surface area (Å²) < 4.78 is 9.77. The van der Waals surface area contributed by atoms with Gasteiger partial charge in [-0.25, -0.2) is 0 Å². The lowest BCUT2D eigenvalue weighted by molar-refractivity contribution is -0.685. The Hall–Kier alpha value is -2.85. The number of methoxy groups -OCH3 is 1. The monoisotopic (exact) mass is 542 g/mol. The molecule has 1 aliphatic heterocycles. The van der Waals surface area contributed by atoms with E-state index >= 15 is 0 Å². The van der Waals surface area contributed by atoms with E-state index < -0.39 is 5.97 Å². The van der Waals surface area contributed by atoms with E-state index in [1.54, 1.807) is 11.3 Å². The maximum Gasteiger partial charge on any atom is 0.325 e. The maximum atomic E-state index is 13.6. The molecule has 0 aliphatic carbocycles. The number of thiazole rings is 2. The van der Waals surface area contributed by atoms with E-state index in [-0.39, 0.29) is 12.1 Å². The number of aromatic nitrogens is 2. The molecule has 0 radical (unpaired) electrons. The molecule has 0 saturated carbocycles. The van der Waals surface area contributed by atoms with Gasteiger partial charge in [0.2, 0.25) is 0 Å². The van der Waals surface area contributed by atoms with Crippen LogP contribution >= 0.6 is 46.0 Å². The van der Waals surface area contributed by atoms with Crippen molar-refractivity contribution in [1.29, 1.82) is 0 Å². The third-order valence-corrected chi connectivity index (χ3v) is 9.12. The van der Waals surface area contributed by atoms with E-state index in [2.05, 4.69) is 16.7 Å². The van der Waals surface area contributed by atoms with Crippen LogP contribution in [0.5, 0.6) is 0 Å². The molecule has 0 N–H and O–H groups in total. The highest BCUT2D eigenvalue weighted by molar-refractivity contribution is 8.08. The van der Waals surface area contributed by atoms with Gasteiger partial charge in [-0.1, -0.05) is 65.0 Å². The van der Waals surface area contributed by atoms with Gasteiger partial charge in [0.05, 0.1) is 24.3 Å². The van der Waals surface area contributed by atoms with Crippen LogP contribution in [-0.4, -0.2) is 24.7 Å². The summed E-state index contributed by atoms with van der Waals surface area (Å²) in [6.07, 6.45) is 3.99. The van der Waals surface area contributed by atoms with Gasteiger partial charge in [-0.05, 0) is 18.2 Å². The van der Waals surface area contributed by atoms with Gasteiger partial charge in [-0.15, -0.1) is 11.3 Å². The van der Waals surface area contributed by atoms with Gasteiger partial charge in [0, 0.05) is 22.5 Å².